The summed E-state index contributed by atoms with van der Waals surface area (Å²) < 4.78 is 0. The molecule has 2 N–H and O–H groups in total. The van der Waals surface area contributed by atoms with E-state index in [4.69, 9.17) is 0 Å². The van der Waals surface area contributed by atoms with Crippen LogP contribution in [0.15, 0.2) is 24.4 Å². The van der Waals surface area contributed by atoms with Crippen LogP contribution < -0.4 is 0 Å². The first kappa shape index (κ1) is 13.9. The molecule has 0 saturated heterocycles. The lowest BCUT2D eigenvalue weighted by Gasteiger charge is -2.09. The molecular formula is C17H21N3O. The molecule has 2 aromatic heterocycles. The molecule has 110 valence electrons. The van der Waals surface area contributed by atoms with Gasteiger partial charge in [-0.25, -0.2) is 0 Å². The van der Waals surface area contributed by atoms with E-state index in [-0.39, 0.29) is 0 Å². The molecule has 2 heterocycles. The Morgan fingerprint density at radius 1 is 1.29 bits per heavy atom. The van der Waals surface area contributed by atoms with Gasteiger partial charge < -0.3 is 15.0 Å². The van der Waals surface area contributed by atoms with Gasteiger partial charge in [0.15, 0.2) is 0 Å². The van der Waals surface area contributed by atoms with E-state index < -0.39 is 0 Å². The Bertz CT molecular complexity index is 789. The highest BCUT2D eigenvalue weighted by Crippen LogP contribution is 2.32. The molecule has 4 nitrogen and oxygen atoms in total. The van der Waals surface area contributed by atoms with Crippen LogP contribution in [0.5, 0.6) is 5.75 Å². The van der Waals surface area contributed by atoms with Gasteiger partial charge in [-0.1, -0.05) is 0 Å². The van der Waals surface area contributed by atoms with Gasteiger partial charge in [0.25, 0.3) is 0 Å². The molecule has 0 bridgehead atoms. The van der Waals surface area contributed by atoms with Gasteiger partial charge in [0.05, 0.1) is 11.2 Å². The van der Waals surface area contributed by atoms with Crippen molar-refractivity contribution in [3.8, 4) is 5.75 Å². The van der Waals surface area contributed by atoms with Crippen molar-refractivity contribution in [1.82, 2.24) is 14.9 Å². The second-order valence-corrected chi connectivity index (χ2v) is 5.90. The maximum atomic E-state index is 9.78. The SMILES string of the molecule is Cc1cnc(CCCN(C)C)c2c1[nH]c1ccc(O)cc12. The molecule has 0 spiro atoms. The van der Waals surface area contributed by atoms with Crippen LogP contribution in [0.4, 0.5) is 0 Å². The number of rotatable bonds is 4. The summed E-state index contributed by atoms with van der Waals surface area (Å²) in [5.74, 6) is 0.296. The number of aromatic nitrogens is 2. The highest BCUT2D eigenvalue weighted by atomic mass is 16.3. The van der Waals surface area contributed by atoms with Crippen molar-refractivity contribution >= 4 is 21.8 Å². The third-order valence-electron chi connectivity index (χ3n) is 3.90. The number of benzene rings is 1. The Balaban J connectivity index is 2.13. The van der Waals surface area contributed by atoms with Crippen LogP contribution in [0.2, 0.25) is 0 Å². The van der Waals surface area contributed by atoms with Crippen LogP contribution in [-0.2, 0) is 6.42 Å². The molecule has 0 unspecified atom stereocenters. The van der Waals surface area contributed by atoms with Gasteiger partial charge in [-0.05, 0) is 64.2 Å². The number of phenolic OH excluding ortho intramolecular Hbond substituents is 1. The lowest BCUT2D eigenvalue weighted by Crippen LogP contribution is -2.13. The van der Waals surface area contributed by atoms with E-state index >= 15 is 0 Å². The minimum Gasteiger partial charge on any atom is -0.508 e. The van der Waals surface area contributed by atoms with Crippen LogP contribution in [-0.4, -0.2) is 40.6 Å². The van der Waals surface area contributed by atoms with Gasteiger partial charge >= 0.3 is 0 Å². The first-order valence-corrected chi connectivity index (χ1v) is 7.30. The molecule has 0 radical (unpaired) electrons. The summed E-state index contributed by atoms with van der Waals surface area (Å²) in [6, 6.07) is 5.46. The molecule has 4 heteroatoms. The quantitative estimate of drug-likeness (QED) is 0.773. The molecule has 21 heavy (non-hydrogen) atoms. The normalized spacial score (nSPS) is 11.8. The van der Waals surface area contributed by atoms with E-state index in [2.05, 4.69) is 35.9 Å². The zero-order valence-electron chi connectivity index (χ0n) is 12.8. The van der Waals surface area contributed by atoms with Crippen molar-refractivity contribution in [3.05, 3.63) is 35.7 Å². The number of H-pyrrole nitrogens is 1. The minimum atomic E-state index is 0.296. The second kappa shape index (κ2) is 5.37. The summed E-state index contributed by atoms with van der Waals surface area (Å²) in [4.78, 5) is 10.3. The maximum Gasteiger partial charge on any atom is 0.116 e. The molecule has 3 rings (SSSR count). The fourth-order valence-electron chi connectivity index (χ4n) is 2.83. The van der Waals surface area contributed by atoms with E-state index in [1.807, 2.05) is 18.3 Å². The smallest absolute Gasteiger partial charge is 0.116 e. The number of nitrogens with zero attached hydrogens (tertiary/aromatic N) is 2. The van der Waals surface area contributed by atoms with E-state index in [9.17, 15) is 5.11 Å². The number of aromatic amines is 1. The van der Waals surface area contributed by atoms with Crippen molar-refractivity contribution in [1.29, 1.82) is 0 Å². The van der Waals surface area contributed by atoms with Gasteiger partial charge in [-0.2, -0.15) is 0 Å². The van der Waals surface area contributed by atoms with E-state index in [0.29, 0.717) is 5.75 Å². The number of phenols is 1. The van der Waals surface area contributed by atoms with Gasteiger partial charge in [0.2, 0.25) is 0 Å². The summed E-state index contributed by atoms with van der Waals surface area (Å²) >= 11 is 0. The molecule has 0 aliphatic carbocycles. The lowest BCUT2D eigenvalue weighted by atomic mass is 10.1. The van der Waals surface area contributed by atoms with E-state index in [1.54, 1.807) is 6.07 Å². The standard InChI is InChI=1S/C17H21N3O/c1-11-10-18-15(5-4-8-20(2)3)16-13-9-12(21)6-7-14(13)19-17(11)16/h6-7,9-10,19,21H,4-5,8H2,1-3H3. The highest BCUT2D eigenvalue weighted by Gasteiger charge is 2.12. The third-order valence-corrected chi connectivity index (χ3v) is 3.90. The first-order valence-electron chi connectivity index (χ1n) is 7.30. The molecule has 0 amide bonds. The zero-order chi connectivity index (χ0) is 15.0. The number of aromatic hydroxyl groups is 1. The summed E-state index contributed by atoms with van der Waals surface area (Å²) in [7, 11) is 4.17. The number of aryl methyl sites for hydroxylation is 2. The van der Waals surface area contributed by atoms with Crippen LogP contribution in [0.25, 0.3) is 21.8 Å². The molecule has 0 aliphatic heterocycles. The van der Waals surface area contributed by atoms with Crippen LogP contribution in [0, 0.1) is 6.92 Å². The molecular weight excluding hydrogens is 262 g/mol. The van der Waals surface area contributed by atoms with Gasteiger partial charge in [-0.15, -0.1) is 0 Å². The Labute approximate surface area is 124 Å². The average Bonchev–Trinajstić information content (AvgIpc) is 2.81. The Kier molecular flexibility index (Phi) is 3.55. The van der Waals surface area contributed by atoms with Gasteiger partial charge in [0, 0.05) is 22.5 Å². The monoisotopic (exact) mass is 283 g/mol. The van der Waals surface area contributed by atoms with Crippen molar-refractivity contribution < 1.29 is 5.11 Å². The molecule has 0 fully saturated rings. The van der Waals surface area contributed by atoms with Crippen molar-refractivity contribution in [2.75, 3.05) is 20.6 Å². The summed E-state index contributed by atoms with van der Waals surface area (Å²) in [5, 5.41) is 12.0. The third kappa shape index (κ3) is 2.59. The van der Waals surface area contributed by atoms with Crippen LogP contribution >= 0.6 is 0 Å². The lowest BCUT2D eigenvalue weighted by molar-refractivity contribution is 0.400. The Hall–Kier alpha value is -2.07. The molecule has 0 atom stereocenters. The van der Waals surface area contributed by atoms with E-state index in [0.717, 1.165) is 52.4 Å². The maximum absolute atomic E-state index is 9.78. The van der Waals surface area contributed by atoms with Crippen molar-refractivity contribution in [2.45, 2.75) is 19.8 Å². The average molecular weight is 283 g/mol. The highest BCUT2D eigenvalue weighted by molar-refractivity contribution is 6.09. The number of hydrogen-bond acceptors (Lipinski definition) is 3. The fraction of sp³-hybridized carbons (Fsp3) is 0.353. The Morgan fingerprint density at radius 3 is 2.86 bits per heavy atom. The molecule has 1 aromatic carbocycles. The molecule has 0 saturated carbocycles. The van der Waals surface area contributed by atoms with Crippen molar-refractivity contribution in [3.63, 3.8) is 0 Å². The molecule has 0 aliphatic rings. The molecule has 3 aromatic rings. The topological polar surface area (TPSA) is 52.2 Å². The summed E-state index contributed by atoms with van der Waals surface area (Å²) in [6.07, 6.45) is 3.95. The summed E-state index contributed by atoms with van der Waals surface area (Å²) in [5.41, 5.74) is 4.42. The number of fused-ring (bicyclic) bond motifs is 3. The number of hydrogen-bond donors (Lipinski definition) is 2. The van der Waals surface area contributed by atoms with Crippen molar-refractivity contribution in [2.24, 2.45) is 0 Å². The first-order chi connectivity index (χ1) is 10.1. The Morgan fingerprint density at radius 2 is 2.10 bits per heavy atom. The van der Waals surface area contributed by atoms with Gasteiger partial charge in [-0.3, -0.25) is 4.98 Å². The van der Waals surface area contributed by atoms with E-state index in [1.165, 1.54) is 0 Å². The fourth-order valence-corrected chi connectivity index (χ4v) is 2.83. The largest absolute Gasteiger partial charge is 0.508 e. The predicted octanol–water partition coefficient (Wildman–Crippen LogP) is 3.22. The number of nitrogens with one attached hydrogen (secondary N) is 1. The number of pyridine rings is 1. The van der Waals surface area contributed by atoms with Crippen LogP contribution in [0.1, 0.15) is 17.7 Å². The zero-order valence-corrected chi connectivity index (χ0v) is 12.8. The van der Waals surface area contributed by atoms with Gasteiger partial charge in [0.1, 0.15) is 5.75 Å². The van der Waals surface area contributed by atoms with Crippen LogP contribution in [0.3, 0.4) is 0 Å². The minimum absolute atomic E-state index is 0.296. The summed E-state index contributed by atoms with van der Waals surface area (Å²) in [6.45, 7) is 3.11. The predicted molar refractivity (Wildman–Crippen MR) is 86.9 cm³/mol. The second-order valence-electron chi connectivity index (χ2n) is 5.90.